The van der Waals surface area contributed by atoms with E-state index in [0.29, 0.717) is 0 Å². The first-order chi connectivity index (χ1) is 9.41. The zero-order valence-corrected chi connectivity index (χ0v) is 13.3. The van der Waals surface area contributed by atoms with Crippen molar-refractivity contribution in [2.45, 2.75) is 96.8 Å². The van der Waals surface area contributed by atoms with E-state index in [4.69, 9.17) is 0 Å². The fourth-order valence-corrected chi connectivity index (χ4v) is 2.38. The molecule has 0 bridgehead atoms. The fourth-order valence-electron chi connectivity index (χ4n) is 2.38. The van der Waals surface area contributed by atoms with E-state index in [2.05, 4.69) is 16.9 Å². The molecule has 0 N–H and O–H groups in total. The van der Waals surface area contributed by atoms with Crippen molar-refractivity contribution in [1.29, 1.82) is 0 Å². The first kappa shape index (κ1) is 18.5. The standard InChI is InChI=1S/C17H35NO/c1-3-4-5-6-7-8-9-10-11-12-13-14-15-16-17-18-19-2/h17H,3-16H2,1-2H3. The molecule has 2 nitrogen and oxygen atoms in total. The van der Waals surface area contributed by atoms with Crippen molar-refractivity contribution >= 4 is 6.21 Å². The van der Waals surface area contributed by atoms with Crippen molar-refractivity contribution in [3.63, 3.8) is 0 Å². The molecular weight excluding hydrogens is 234 g/mol. The van der Waals surface area contributed by atoms with Gasteiger partial charge in [-0.3, -0.25) is 0 Å². The summed E-state index contributed by atoms with van der Waals surface area (Å²) < 4.78 is 0. The Labute approximate surface area is 121 Å². The van der Waals surface area contributed by atoms with E-state index in [1.165, 1.54) is 83.5 Å². The van der Waals surface area contributed by atoms with Crippen LogP contribution in [-0.2, 0) is 4.84 Å². The summed E-state index contributed by atoms with van der Waals surface area (Å²) in [5.41, 5.74) is 0. The van der Waals surface area contributed by atoms with Crippen LogP contribution >= 0.6 is 0 Å². The lowest BCUT2D eigenvalue weighted by molar-refractivity contribution is 0.214. The lowest BCUT2D eigenvalue weighted by atomic mass is 10.0. The third kappa shape index (κ3) is 17.5. The summed E-state index contributed by atoms with van der Waals surface area (Å²) in [7, 11) is 1.60. The van der Waals surface area contributed by atoms with Gasteiger partial charge in [0.2, 0.25) is 0 Å². The number of unbranched alkanes of at least 4 members (excludes halogenated alkanes) is 13. The average molecular weight is 269 g/mol. The largest absolute Gasteiger partial charge is 0.399 e. The number of hydrogen-bond acceptors (Lipinski definition) is 2. The van der Waals surface area contributed by atoms with E-state index < -0.39 is 0 Å². The van der Waals surface area contributed by atoms with Gasteiger partial charge in [0.05, 0.1) is 0 Å². The summed E-state index contributed by atoms with van der Waals surface area (Å²) in [4.78, 5) is 4.62. The molecule has 0 rings (SSSR count). The van der Waals surface area contributed by atoms with Gasteiger partial charge in [-0.15, -0.1) is 0 Å². The Balaban J connectivity index is 2.93. The predicted molar refractivity (Wildman–Crippen MR) is 85.8 cm³/mol. The summed E-state index contributed by atoms with van der Waals surface area (Å²) in [5, 5.41) is 3.74. The first-order valence-corrected chi connectivity index (χ1v) is 8.46. The van der Waals surface area contributed by atoms with E-state index >= 15 is 0 Å². The van der Waals surface area contributed by atoms with Crippen LogP contribution in [0.4, 0.5) is 0 Å². The molecule has 0 aliphatic heterocycles. The van der Waals surface area contributed by atoms with Crippen LogP contribution in [0.1, 0.15) is 96.8 Å². The average Bonchev–Trinajstić information content (AvgIpc) is 2.43. The Morgan fingerprint density at radius 1 is 0.684 bits per heavy atom. The molecule has 0 unspecified atom stereocenters. The number of rotatable bonds is 15. The van der Waals surface area contributed by atoms with Gasteiger partial charge in [0.15, 0.2) is 0 Å². The van der Waals surface area contributed by atoms with Gasteiger partial charge >= 0.3 is 0 Å². The Kier molecular flexibility index (Phi) is 17.0. The molecule has 0 amide bonds. The topological polar surface area (TPSA) is 21.6 Å². The Morgan fingerprint density at radius 3 is 1.53 bits per heavy atom. The van der Waals surface area contributed by atoms with Gasteiger partial charge in [0.1, 0.15) is 7.11 Å². The minimum Gasteiger partial charge on any atom is -0.399 e. The molecule has 0 saturated heterocycles. The summed E-state index contributed by atoms with van der Waals surface area (Å²) in [6.45, 7) is 2.28. The van der Waals surface area contributed by atoms with Crippen LogP contribution in [0, 0.1) is 0 Å². The van der Waals surface area contributed by atoms with Gasteiger partial charge in [-0.2, -0.15) is 0 Å². The monoisotopic (exact) mass is 269 g/mol. The molecule has 0 heterocycles. The lowest BCUT2D eigenvalue weighted by Crippen LogP contribution is -1.83. The zero-order chi connectivity index (χ0) is 14.0. The lowest BCUT2D eigenvalue weighted by Gasteiger charge is -2.02. The number of hydrogen-bond donors (Lipinski definition) is 0. The van der Waals surface area contributed by atoms with Crippen LogP contribution in [0.3, 0.4) is 0 Å². The van der Waals surface area contributed by atoms with Crippen LogP contribution in [0.2, 0.25) is 0 Å². The Morgan fingerprint density at radius 2 is 1.11 bits per heavy atom. The second-order valence-electron chi connectivity index (χ2n) is 5.50. The highest BCUT2D eigenvalue weighted by Gasteiger charge is 1.93. The van der Waals surface area contributed by atoms with Gasteiger partial charge in [-0.25, -0.2) is 0 Å². The summed E-state index contributed by atoms with van der Waals surface area (Å²) >= 11 is 0. The smallest absolute Gasteiger partial charge is 0.106 e. The molecule has 2 heteroatoms. The minimum absolute atomic E-state index is 1.06. The molecule has 0 aromatic rings. The SMILES string of the molecule is CCCCCCCCCCCCCCCC=NOC. The summed E-state index contributed by atoms with van der Waals surface area (Å²) in [6, 6.07) is 0. The highest BCUT2D eigenvalue weighted by atomic mass is 16.6. The van der Waals surface area contributed by atoms with Crippen molar-refractivity contribution in [3.05, 3.63) is 0 Å². The van der Waals surface area contributed by atoms with E-state index in [9.17, 15) is 0 Å². The third-order valence-electron chi connectivity index (χ3n) is 3.62. The van der Waals surface area contributed by atoms with Crippen LogP contribution < -0.4 is 0 Å². The maximum atomic E-state index is 4.62. The molecule has 0 radical (unpaired) electrons. The van der Waals surface area contributed by atoms with Crippen molar-refractivity contribution < 1.29 is 4.84 Å². The molecule has 0 fully saturated rings. The van der Waals surface area contributed by atoms with Gasteiger partial charge in [-0.05, 0) is 12.8 Å². The molecule has 0 aromatic heterocycles. The second kappa shape index (κ2) is 17.5. The van der Waals surface area contributed by atoms with E-state index in [1.54, 1.807) is 7.11 Å². The van der Waals surface area contributed by atoms with Crippen LogP contribution in [0.25, 0.3) is 0 Å². The molecule has 0 saturated carbocycles. The predicted octanol–water partition coefficient (Wildman–Crippen LogP) is 6.10. The van der Waals surface area contributed by atoms with Crippen molar-refractivity contribution in [2.24, 2.45) is 5.16 Å². The van der Waals surface area contributed by atoms with Gasteiger partial charge in [0.25, 0.3) is 0 Å². The molecule has 0 aromatic carbocycles. The van der Waals surface area contributed by atoms with Crippen molar-refractivity contribution in [1.82, 2.24) is 0 Å². The zero-order valence-electron chi connectivity index (χ0n) is 13.3. The first-order valence-electron chi connectivity index (χ1n) is 8.46. The second-order valence-corrected chi connectivity index (χ2v) is 5.50. The molecule has 0 aliphatic rings. The van der Waals surface area contributed by atoms with Crippen LogP contribution in [0.15, 0.2) is 5.16 Å². The maximum Gasteiger partial charge on any atom is 0.106 e. The molecule has 19 heavy (non-hydrogen) atoms. The Bertz CT molecular complexity index is 180. The van der Waals surface area contributed by atoms with E-state index in [-0.39, 0.29) is 0 Å². The number of nitrogens with zero attached hydrogens (tertiary/aromatic N) is 1. The van der Waals surface area contributed by atoms with Gasteiger partial charge in [0, 0.05) is 6.21 Å². The number of oxime groups is 1. The molecule has 0 aliphatic carbocycles. The summed E-state index contributed by atoms with van der Waals surface area (Å²) in [5.74, 6) is 0. The van der Waals surface area contributed by atoms with Gasteiger partial charge in [-0.1, -0.05) is 89.1 Å². The summed E-state index contributed by atoms with van der Waals surface area (Å²) in [6.07, 6.45) is 21.3. The molecule has 114 valence electrons. The molecule has 0 spiro atoms. The maximum absolute atomic E-state index is 4.62. The molecule has 0 atom stereocenters. The van der Waals surface area contributed by atoms with Crippen LogP contribution in [0.5, 0.6) is 0 Å². The van der Waals surface area contributed by atoms with Gasteiger partial charge < -0.3 is 4.84 Å². The minimum atomic E-state index is 1.06. The third-order valence-corrected chi connectivity index (χ3v) is 3.62. The molecular formula is C17H35NO. The van der Waals surface area contributed by atoms with E-state index in [1.807, 2.05) is 6.21 Å². The highest BCUT2D eigenvalue weighted by Crippen LogP contribution is 2.12. The quantitative estimate of drug-likeness (QED) is 0.200. The Hall–Kier alpha value is -0.530. The normalized spacial score (nSPS) is 11.3. The van der Waals surface area contributed by atoms with Crippen LogP contribution in [-0.4, -0.2) is 13.3 Å². The highest BCUT2D eigenvalue weighted by molar-refractivity contribution is 5.55. The fraction of sp³-hybridized carbons (Fsp3) is 0.941. The van der Waals surface area contributed by atoms with E-state index in [0.717, 1.165) is 6.42 Å². The van der Waals surface area contributed by atoms with Crippen molar-refractivity contribution in [2.75, 3.05) is 7.11 Å². The van der Waals surface area contributed by atoms with Crippen molar-refractivity contribution in [3.8, 4) is 0 Å².